The number of aromatic nitrogens is 2. The fraction of sp³-hybridized carbons (Fsp3) is 0.125. The number of fused-ring (bicyclic) bond motifs is 1. The predicted octanol–water partition coefficient (Wildman–Crippen LogP) is 1.69. The Morgan fingerprint density at radius 1 is 1.33 bits per heavy atom. The smallest absolute Gasteiger partial charge is 0.335 e. The average Bonchev–Trinajstić information content (AvgIpc) is 2.95. The Labute approximate surface area is 138 Å². The van der Waals surface area contributed by atoms with Crippen LogP contribution in [0.3, 0.4) is 0 Å². The van der Waals surface area contributed by atoms with Crippen LogP contribution in [0.15, 0.2) is 53.8 Å². The summed E-state index contributed by atoms with van der Waals surface area (Å²) >= 11 is 0. The first kappa shape index (κ1) is 16.2. The van der Waals surface area contributed by atoms with Crippen LogP contribution in [0.4, 0.5) is 0 Å². The van der Waals surface area contributed by atoms with E-state index in [2.05, 4.69) is 10.3 Å². The van der Waals surface area contributed by atoms with Crippen molar-refractivity contribution in [2.75, 3.05) is 7.05 Å². The van der Waals surface area contributed by atoms with E-state index in [4.69, 9.17) is 0 Å². The molecule has 0 atom stereocenters. The van der Waals surface area contributed by atoms with Gasteiger partial charge in [-0.3, -0.25) is 4.98 Å². The Morgan fingerprint density at radius 2 is 2.12 bits per heavy atom. The van der Waals surface area contributed by atoms with Crippen LogP contribution in [0.1, 0.15) is 15.9 Å². The lowest BCUT2D eigenvalue weighted by Crippen LogP contribution is -2.12. The van der Waals surface area contributed by atoms with Gasteiger partial charge in [0.25, 0.3) is 10.0 Å². The second-order valence-electron chi connectivity index (χ2n) is 5.21. The molecule has 0 aliphatic carbocycles. The van der Waals surface area contributed by atoms with Crippen molar-refractivity contribution in [2.24, 2.45) is 0 Å². The van der Waals surface area contributed by atoms with Crippen molar-refractivity contribution in [3.63, 3.8) is 0 Å². The second-order valence-corrected chi connectivity index (χ2v) is 7.03. The minimum absolute atomic E-state index is 0.0271. The van der Waals surface area contributed by atoms with Crippen LogP contribution in [0.5, 0.6) is 0 Å². The number of benzene rings is 1. The molecule has 24 heavy (non-hydrogen) atoms. The predicted molar refractivity (Wildman–Crippen MR) is 88.5 cm³/mol. The van der Waals surface area contributed by atoms with Gasteiger partial charge in [-0.15, -0.1) is 0 Å². The molecule has 3 rings (SSSR count). The number of nitrogens with zero attached hydrogens (tertiary/aromatic N) is 2. The molecule has 0 unspecified atom stereocenters. The van der Waals surface area contributed by atoms with Gasteiger partial charge in [0.1, 0.15) is 4.90 Å². The molecule has 2 aromatic heterocycles. The van der Waals surface area contributed by atoms with Crippen molar-refractivity contribution in [1.82, 2.24) is 14.3 Å². The number of pyridine rings is 1. The first-order chi connectivity index (χ1) is 11.4. The Kier molecular flexibility index (Phi) is 4.08. The van der Waals surface area contributed by atoms with E-state index in [1.807, 2.05) is 0 Å². The van der Waals surface area contributed by atoms with Gasteiger partial charge >= 0.3 is 5.97 Å². The third-order valence-corrected chi connectivity index (χ3v) is 5.32. The van der Waals surface area contributed by atoms with Crippen molar-refractivity contribution >= 4 is 26.9 Å². The molecule has 0 aliphatic rings. The van der Waals surface area contributed by atoms with E-state index in [-0.39, 0.29) is 10.5 Å². The molecule has 0 fully saturated rings. The number of hydrogen-bond acceptors (Lipinski definition) is 5. The van der Waals surface area contributed by atoms with Crippen LogP contribution in [0.25, 0.3) is 10.9 Å². The molecule has 0 saturated carbocycles. The summed E-state index contributed by atoms with van der Waals surface area (Å²) in [7, 11) is -2.12. The van der Waals surface area contributed by atoms with Crippen molar-refractivity contribution in [1.29, 1.82) is 0 Å². The quantitative estimate of drug-likeness (QED) is 0.730. The van der Waals surface area contributed by atoms with Crippen LogP contribution in [0.2, 0.25) is 0 Å². The van der Waals surface area contributed by atoms with Crippen molar-refractivity contribution in [3.8, 4) is 0 Å². The summed E-state index contributed by atoms with van der Waals surface area (Å²) in [5.74, 6) is -1.11. The zero-order valence-corrected chi connectivity index (χ0v) is 13.6. The molecule has 0 bridgehead atoms. The third kappa shape index (κ3) is 2.66. The van der Waals surface area contributed by atoms with E-state index in [1.54, 1.807) is 13.1 Å². The lowest BCUT2D eigenvalue weighted by Gasteiger charge is -2.07. The highest BCUT2D eigenvalue weighted by molar-refractivity contribution is 7.90. The molecule has 2 heterocycles. The van der Waals surface area contributed by atoms with Crippen molar-refractivity contribution in [3.05, 3.63) is 60.0 Å². The van der Waals surface area contributed by atoms with Gasteiger partial charge < -0.3 is 10.4 Å². The highest BCUT2D eigenvalue weighted by atomic mass is 32.2. The largest absolute Gasteiger partial charge is 0.478 e. The summed E-state index contributed by atoms with van der Waals surface area (Å²) in [5, 5.41) is 12.8. The summed E-state index contributed by atoms with van der Waals surface area (Å²) in [6, 6.07) is 7.44. The maximum Gasteiger partial charge on any atom is 0.335 e. The minimum atomic E-state index is -3.87. The lowest BCUT2D eigenvalue weighted by atomic mass is 10.1. The third-order valence-electron chi connectivity index (χ3n) is 3.66. The molecule has 0 aliphatic heterocycles. The molecule has 1 aromatic carbocycles. The summed E-state index contributed by atoms with van der Waals surface area (Å²) < 4.78 is 26.9. The Morgan fingerprint density at radius 3 is 2.75 bits per heavy atom. The van der Waals surface area contributed by atoms with Crippen LogP contribution in [-0.2, 0) is 16.6 Å². The zero-order chi connectivity index (χ0) is 17.3. The number of carboxylic acid groups (broad SMARTS) is 1. The van der Waals surface area contributed by atoms with Crippen LogP contribution in [-0.4, -0.2) is 35.5 Å². The Balaban J connectivity index is 2.30. The van der Waals surface area contributed by atoms with E-state index < -0.39 is 16.0 Å². The molecule has 0 radical (unpaired) electrons. The van der Waals surface area contributed by atoms with E-state index in [1.165, 1.54) is 42.9 Å². The van der Waals surface area contributed by atoms with Crippen LogP contribution in [0, 0.1) is 0 Å². The van der Waals surface area contributed by atoms with E-state index in [9.17, 15) is 18.3 Å². The molecule has 3 aromatic rings. The number of rotatable bonds is 5. The molecule has 8 heteroatoms. The maximum atomic E-state index is 12.9. The first-order valence-corrected chi connectivity index (χ1v) is 8.56. The van der Waals surface area contributed by atoms with E-state index >= 15 is 0 Å². The molecule has 0 amide bonds. The van der Waals surface area contributed by atoms with Gasteiger partial charge in [0, 0.05) is 30.5 Å². The van der Waals surface area contributed by atoms with Gasteiger partial charge in [-0.05, 0) is 36.9 Å². The number of carboxylic acids is 1. The van der Waals surface area contributed by atoms with Gasteiger partial charge in [0.2, 0.25) is 0 Å². The van der Waals surface area contributed by atoms with Gasteiger partial charge in [-0.25, -0.2) is 17.2 Å². The second kappa shape index (κ2) is 6.06. The molecular weight excluding hydrogens is 330 g/mol. The Bertz CT molecular complexity index is 1010. The molecule has 2 N–H and O–H groups in total. The lowest BCUT2D eigenvalue weighted by molar-refractivity contribution is 0.0697. The number of nitrogens with one attached hydrogen (secondary N) is 1. The monoisotopic (exact) mass is 345 g/mol. The van der Waals surface area contributed by atoms with Gasteiger partial charge in [-0.1, -0.05) is 6.07 Å². The van der Waals surface area contributed by atoms with E-state index in [0.717, 1.165) is 9.54 Å². The summed E-state index contributed by atoms with van der Waals surface area (Å²) in [6.07, 6.45) is 4.26. The van der Waals surface area contributed by atoms with Crippen LogP contribution < -0.4 is 5.32 Å². The Hall–Kier alpha value is -2.71. The number of carbonyl (C=O) groups is 1. The molecule has 0 saturated heterocycles. The minimum Gasteiger partial charge on any atom is -0.478 e. The topological polar surface area (TPSA) is 101 Å². The fourth-order valence-electron chi connectivity index (χ4n) is 2.54. The molecule has 0 spiro atoms. The van der Waals surface area contributed by atoms with Gasteiger partial charge in [0.15, 0.2) is 0 Å². The summed E-state index contributed by atoms with van der Waals surface area (Å²) in [6.45, 7) is 0.457. The zero-order valence-electron chi connectivity index (χ0n) is 12.8. The standard InChI is InChI=1S/C16H15N3O4S/c1-17-8-12-10-19(24(22,23)13-3-2-6-18-9-13)15-7-11(16(20)21)4-5-14(12)15/h2-7,9-10,17H,8H2,1H3,(H,20,21). The van der Waals surface area contributed by atoms with Crippen molar-refractivity contribution in [2.45, 2.75) is 11.4 Å². The van der Waals surface area contributed by atoms with E-state index in [0.29, 0.717) is 17.4 Å². The summed E-state index contributed by atoms with van der Waals surface area (Å²) in [4.78, 5) is 15.1. The maximum absolute atomic E-state index is 12.9. The highest BCUT2D eigenvalue weighted by Gasteiger charge is 2.22. The fourth-order valence-corrected chi connectivity index (χ4v) is 3.89. The SMILES string of the molecule is CNCc1cn(S(=O)(=O)c2cccnc2)c2cc(C(=O)O)ccc12. The van der Waals surface area contributed by atoms with Crippen LogP contribution >= 0.6 is 0 Å². The normalized spacial score (nSPS) is 11.7. The number of aromatic carboxylic acids is 1. The highest BCUT2D eigenvalue weighted by Crippen LogP contribution is 2.27. The molecular formula is C16H15N3O4S. The first-order valence-electron chi connectivity index (χ1n) is 7.12. The molecule has 7 nitrogen and oxygen atoms in total. The van der Waals surface area contributed by atoms with Gasteiger partial charge in [0.05, 0.1) is 11.1 Å². The van der Waals surface area contributed by atoms with Crippen molar-refractivity contribution < 1.29 is 18.3 Å². The van der Waals surface area contributed by atoms with Gasteiger partial charge in [-0.2, -0.15) is 0 Å². The summed E-state index contributed by atoms with van der Waals surface area (Å²) in [5.41, 5.74) is 1.11. The average molecular weight is 345 g/mol. The molecule has 124 valence electrons. The number of hydrogen-bond donors (Lipinski definition) is 2.